The lowest BCUT2D eigenvalue weighted by Gasteiger charge is -2.25. The topological polar surface area (TPSA) is 109 Å². The van der Waals surface area contributed by atoms with E-state index < -0.39 is 34.7 Å². The molecule has 1 aliphatic heterocycles. The monoisotopic (exact) mass is 526 g/mol. The molecule has 0 spiro atoms. The van der Waals surface area contributed by atoms with Gasteiger partial charge in [-0.15, -0.1) is 11.3 Å². The second kappa shape index (κ2) is 11.8. The largest absolute Gasteiger partial charge is 0.462 e. The van der Waals surface area contributed by atoms with Crippen LogP contribution in [-0.4, -0.2) is 72.8 Å². The molecule has 9 nitrogen and oxygen atoms in total. The minimum Gasteiger partial charge on any atom is -0.462 e. The number of pyridine rings is 1. The van der Waals surface area contributed by atoms with Crippen molar-refractivity contribution in [1.82, 2.24) is 14.2 Å². The molecular weight excluding hydrogens is 500 g/mol. The third-order valence-electron chi connectivity index (χ3n) is 4.99. The van der Waals surface area contributed by atoms with E-state index in [1.807, 2.05) is 12.1 Å². The van der Waals surface area contributed by atoms with E-state index in [1.165, 1.54) is 17.4 Å². The molecule has 1 amide bonds. The lowest BCUT2D eigenvalue weighted by atomic mass is 10.2. The highest BCUT2D eigenvalue weighted by Crippen LogP contribution is 2.25. The Morgan fingerprint density at radius 2 is 2.09 bits per heavy atom. The van der Waals surface area contributed by atoms with Gasteiger partial charge in [-0.05, 0) is 50.6 Å². The summed E-state index contributed by atoms with van der Waals surface area (Å²) < 4.78 is 33.0. The summed E-state index contributed by atoms with van der Waals surface area (Å²) in [5, 5.41) is 4.20. The fraction of sp³-hybridized carbons (Fsp3) is 0.409. The summed E-state index contributed by atoms with van der Waals surface area (Å²) in [5.41, 5.74) is 0.873. The summed E-state index contributed by atoms with van der Waals surface area (Å²) in [4.78, 5) is 31.7. The van der Waals surface area contributed by atoms with Crippen molar-refractivity contribution in [3.63, 3.8) is 0 Å². The molecule has 1 N–H and O–H groups in total. The highest BCUT2D eigenvalue weighted by Gasteiger charge is 2.41. The molecule has 3 heterocycles. The first kappa shape index (κ1) is 26.1. The molecule has 12 heteroatoms. The Kier molecular flexibility index (Phi) is 9.06. The van der Waals surface area contributed by atoms with Crippen LogP contribution < -0.4 is 5.32 Å². The number of carbonyl (C=O) groups is 2. The molecule has 0 aliphatic carbocycles. The normalized spacial score (nSPS) is 16.7. The number of ether oxygens (including phenoxy) is 1. The first-order chi connectivity index (χ1) is 16.2. The van der Waals surface area contributed by atoms with E-state index in [0.717, 1.165) is 15.4 Å². The second-order valence-corrected chi connectivity index (χ2v) is 11.4. The van der Waals surface area contributed by atoms with Gasteiger partial charge in [-0.3, -0.25) is 14.6 Å². The number of hydrogen-bond donors (Lipinski definition) is 1. The standard InChI is InChI=1S/C22H27ClN4O5S2/c1-16(2)32-21(28)15-27(34(30,31)14-8-18-3-4-20(23)33-18)19-7-12-26(22(19)29)13-11-25-17-5-9-24-10-6-17/h3-6,8-10,14,16,19H,7,11-13,15H2,1-2H3,(H,24,25). The molecule has 0 radical (unpaired) electrons. The van der Waals surface area contributed by atoms with Gasteiger partial charge in [0, 0.05) is 48.0 Å². The van der Waals surface area contributed by atoms with Crippen LogP contribution in [0.5, 0.6) is 0 Å². The van der Waals surface area contributed by atoms with Crippen LogP contribution in [0.2, 0.25) is 4.34 Å². The number of esters is 1. The zero-order valence-corrected chi connectivity index (χ0v) is 21.3. The van der Waals surface area contributed by atoms with E-state index in [1.54, 1.807) is 43.3 Å². The maximum atomic E-state index is 13.2. The second-order valence-electron chi connectivity index (χ2n) is 7.87. The molecule has 2 aromatic rings. The molecule has 3 rings (SSSR count). The van der Waals surface area contributed by atoms with Gasteiger partial charge in [0.2, 0.25) is 15.9 Å². The Hall–Kier alpha value is -2.47. The summed E-state index contributed by atoms with van der Waals surface area (Å²) in [6.07, 6.45) is 4.60. The zero-order chi connectivity index (χ0) is 24.7. The molecule has 184 valence electrons. The van der Waals surface area contributed by atoms with Crippen molar-refractivity contribution in [2.75, 3.05) is 31.5 Å². The van der Waals surface area contributed by atoms with Crippen molar-refractivity contribution in [2.45, 2.75) is 32.4 Å². The van der Waals surface area contributed by atoms with Crippen LogP contribution in [0.15, 0.2) is 42.1 Å². The van der Waals surface area contributed by atoms with Crippen molar-refractivity contribution >= 4 is 56.6 Å². The van der Waals surface area contributed by atoms with Crippen LogP contribution in [0, 0.1) is 0 Å². The minimum absolute atomic E-state index is 0.279. The van der Waals surface area contributed by atoms with Crippen molar-refractivity contribution < 1.29 is 22.7 Å². The number of anilines is 1. The van der Waals surface area contributed by atoms with E-state index in [9.17, 15) is 18.0 Å². The number of nitrogens with zero attached hydrogens (tertiary/aromatic N) is 3. The average molecular weight is 527 g/mol. The van der Waals surface area contributed by atoms with Gasteiger partial charge in [-0.25, -0.2) is 8.42 Å². The number of thiophene rings is 1. The minimum atomic E-state index is -4.10. The molecule has 1 aliphatic rings. The summed E-state index contributed by atoms with van der Waals surface area (Å²) in [7, 11) is -4.10. The van der Waals surface area contributed by atoms with E-state index in [2.05, 4.69) is 10.3 Å². The highest BCUT2D eigenvalue weighted by molar-refractivity contribution is 7.92. The third-order valence-corrected chi connectivity index (χ3v) is 7.70. The molecule has 1 fully saturated rings. The smallest absolute Gasteiger partial charge is 0.321 e. The Morgan fingerprint density at radius 1 is 1.35 bits per heavy atom. The van der Waals surface area contributed by atoms with Crippen LogP contribution in [-0.2, 0) is 24.3 Å². The number of rotatable bonds is 11. The Morgan fingerprint density at radius 3 is 2.74 bits per heavy atom. The SMILES string of the molecule is CC(C)OC(=O)CN(C1CCN(CCNc2ccncc2)C1=O)S(=O)(=O)C=Cc1ccc(Cl)s1. The van der Waals surface area contributed by atoms with Gasteiger partial charge >= 0.3 is 5.97 Å². The molecule has 2 aromatic heterocycles. The molecule has 1 unspecified atom stereocenters. The van der Waals surface area contributed by atoms with Crippen molar-refractivity contribution in [2.24, 2.45) is 0 Å². The van der Waals surface area contributed by atoms with E-state index in [4.69, 9.17) is 16.3 Å². The number of halogens is 1. The lowest BCUT2D eigenvalue weighted by molar-refractivity contribution is -0.148. The van der Waals surface area contributed by atoms with Gasteiger partial charge in [-0.2, -0.15) is 4.31 Å². The van der Waals surface area contributed by atoms with Crippen molar-refractivity contribution in [1.29, 1.82) is 0 Å². The molecule has 1 saturated heterocycles. The Bertz CT molecular complexity index is 1120. The van der Waals surface area contributed by atoms with E-state index in [0.29, 0.717) is 28.8 Å². The Labute approximate surface area is 208 Å². The first-order valence-corrected chi connectivity index (χ1v) is 13.4. The van der Waals surface area contributed by atoms with E-state index in [-0.39, 0.29) is 12.3 Å². The maximum absolute atomic E-state index is 13.2. The van der Waals surface area contributed by atoms with Crippen LogP contribution in [0.4, 0.5) is 5.69 Å². The van der Waals surface area contributed by atoms with Crippen LogP contribution in [0.1, 0.15) is 25.1 Å². The number of amides is 1. The molecule has 34 heavy (non-hydrogen) atoms. The van der Waals surface area contributed by atoms with Gasteiger partial charge < -0.3 is 15.0 Å². The van der Waals surface area contributed by atoms with E-state index >= 15 is 0 Å². The highest BCUT2D eigenvalue weighted by atomic mass is 35.5. The predicted molar refractivity (Wildman–Crippen MR) is 133 cm³/mol. The number of nitrogens with one attached hydrogen (secondary N) is 1. The zero-order valence-electron chi connectivity index (χ0n) is 18.9. The summed E-state index contributed by atoms with van der Waals surface area (Å²) >= 11 is 7.14. The Balaban J connectivity index is 1.72. The number of hydrogen-bond acceptors (Lipinski definition) is 8. The maximum Gasteiger partial charge on any atom is 0.321 e. The number of likely N-dealkylation sites (tertiary alicyclic amines) is 1. The van der Waals surface area contributed by atoms with Crippen LogP contribution in [0.3, 0.4) is 0 Å². The van der Waals surface area contributed by atoms with Gasteiger partial charge in [0.1, 0.15) is 12.6 Å². The average Bonchev–Trinajstić information content (AvgIpc) is 3.36. The summed E-state index contributed by atoms with van der Waals surface area (Å²) in [5.74, 6) is -1.05. The quantitative estimate of drug-likeness (QED) is 0.448. The van der Waals surface area contributed by atoms with Crippen LogP contribution >= 0.6 is 22.9 Å². The molecule has 0 aromatic carbocycles. The van der Waals surface area contributed by atoms with Gasteiger partial charge in [0.15, 0.2) is 0 Å². The third kappa shape index (κ3) is 7.26. The summed E-state index contributed by atoms with van der Waals surface area (Å²) in [6.45, 7) is 4.08. The lowest BCUT2D eigenvalue weighted by Crippen LogP contribution is -2.47. The fourth-order valence-corrected chi connectivity index (χ4v) is 5.83. The fourth-order valence-electron chi connectivity index (χ4n) is 3.47. The summed E-state index contributed by atoms with van der Waals surface area (Å²) in [6, 6.07) is 6.00. The molecule has 0 saturated carbocycles. The number of sulfonamides is 1. The van der Waals surface area contributed by atoms with Crippen molar-refractivity contribution in [3.8, 4) is 0 Å². The van der Waals surface area contributed by atoms with Crippen molar-refractivity contribution in [3.05, 3.63) is 51.3 Å². The van der Waals surface area contributed by atoms with Gasteiger partial charge in [0.25, 0.3) is 0 Å². The van der Waals surface area contributed by atoms with Gasteiger partial charge in [0.05, 0.1) is 10.4 Å². The number of carbonyl (C=O) groups excluding carboxylic acids is 2. The molecular formula is C22H27ClN4O5S2. The first-order valence-electron chi connectivity index (χ1n) is 10.7. The number of aromatic nitrogens is 1. The molecule has 1 atom stereocenters. The predicted octanol–water partition coefficient (Wildman–Crippen LogP) is 3.06. The van der Waals surface area contributed by atoms with Gasteiger partial charge in [-0.1, -0.05) is 11.6 Å². The molecule has 0 bridgehead atoms. The van der Waals surface area contributed by atoms with Crippen LogP contribution in [0.25, 0.3) is 6.08 Å².